The molecule has 0 bridgehead atoms. The molecule has 1 heteroatoms. The predicted molar refractivity (Wildman–Crippen MR) is 74.3 cm³/mol. The Morgan fingerprint density at radius 3 is 2.41 bits per heavy atom. The fraction of sp³-hybridized carbons (Fsp3) is 0.250. The lowest BCUT2D eigenvalue weighted by Gasteiger charge is -2.08. The molecule has 90 valence electrons. The van der Waals surface area contributed by atoms with E-state index >= 15 is 0 Å². The Morgan fingerprint density at radius 2 is 1.88 bits per heavy atom. The predicted octanol–water partition coefficient (Wildman–Crippen LogP) is 4.72. The highest BCUT2D eigenvalue weighted by molar-refractivity contribution is 5.36. The Labute approximate surface area is 104 Å². The Hall–Kier alpha value is -1.76. The van der Waals surface area contributed by atoms with Crippen molar-refractivity contribution < 1.29 is 4.74 Å². The molecule has 0 aromatic heterocycles. The molecule has 1 nitrogen and oxygen atoms in total. The molecule has 0 atom stereocenters. The summed E-state index contributed by atoms with van der Waals surface area (Å²) in [6, 6.07) is 6.11. The molecule has 0 saturated carbocycles. The van der Waals surface area contributed by atoms with Crippen LogP contribution in [0, 0.1) is 13.8 Å². The van der Waals surface area contributed by atoms with E-state index in [-0.39, 0.29) is 0 Å². The highest BCUT2D eigenvalue weighted by Crippen LogP contribution is 2.19. The van der Waals surface area contributed by atoms with Gasteiger partial charge in [-0.25, -0.2) is 0 Å². The lowest BCUT2D eigenvalue weighted by atomic mass is 10.1. The number of rotatable bonds is 4. The fourth-order valence-electron chi connectivity index (χ4n) is 1.33. The second kappa shape index (κ2) is 6.09. The van der Waals surface area contributed by atoms with E-state index < -0.39 is 0 Å². The lowest BCUT2D eigenvalue weighted by molar-refractivity contribution is 0.443. The SMILES string of the molecule is C=C(C)/C=C\C(=CC)Oc1ccc(C)c(C)c1. The minimum atomic E-state index is 0.830. The topological polar surface area (TPSA) is 9.23 Å². The molecule has 0 radical (unpaired) electrons. The van der Waals surface area contributed by atoms with E-state index in [1.807, 2.05) is 44.2 Å². The van der Waals surface area contributed by atoms with Gasteiger partial charge < -0.3 is 4.74 Å². The van der Waals surface area contributed by atoms with Crippen molar-refractivity contribution in [3.05, 3.63) is 65.5 Å². The van der Waals surface area contributed by atoms with Crippen molar-refractivity contribution in [2.24, 2.45) is 0 Å². The van der Waals surface area contributed by atoms with Crippen LogP contribution in [0.15, 0.2) is 54.3 Å². The second-order valence-electron chi connectivity index (χ2n) is 4.22. The second-order valence-corrected chi connectivity index (χ2v) is 4.22. The number of allylic oxidation sites excluding steroid dienone is 4. The molecule has 0 heterocycles. The third-order valence-electron chi connectivity index (χ3n) is 2.53. The third kappa shape index (κ3) is 4.31. The van der Waals surface area contributed by atoms with E-state index in [0.29, 0.717) is 0 Å². The van der Waals surface area contributed by atoms with Gasteiger partial charge in [-0.1, -0.05) is 24.3 Å². The molecular weight excluding hydrogens is 208 g/mol. The molecule has 0 N–H and O–H groups in total. The fourth-order valence-corrected chi connectivity index (χ4v) is 1.33. The average Bonchev–Trinajstić information content (AvgIpc) is 2.28. The zero-order valence-electron chi connectivity index (χ0n) is 11.1. The lowest BCUT2D eigenvalue weighted by Crippen LogP contribution is -1.93. The maximum atomic E-state index is 5.78. The quantitative estimate of drug-likeness (QED) is 0.535. The van der Waals surface area contributed by atoms with E-state index in [0.717, 1.165) is 17.1 Å². The minimum Gasteiger partial charge on any atom is -0.458 e. The Morgan fingerprint density at radius 1 is 1.18 bits per heavy atom. The van der Waals surface area contributed by atoms with Crippen molar-refractivity contribution in [3.8, 4) is 5.75 Å². The first-order chi connectivity index (χ1) is 8.02. The Bertz CT molecular complexity index is 464. The number of aryl methyl sites for hydroxylation is 2. The van der Waals surface area contributed by atoms with Gasteiger partial charge in [-0.15, -0.1) is 0 Å². The molecule has 0 aliphatic rings. The van der Waals surface area contributed by atoms with Gasteiger partial charge in [0.25, 0.3) is 0 Å². The van der Waals surface area contributed by atoms with Gasteiger partial charge in [0.05, 0.1) is 0 Å². The number of ether oxygens (including phenoxy) is 1. The molecule has 0 amide bonds. The third-order valence-corrected chi connectivity index (χ3v) is 2.53. The standard InChI is InChI=1S/C16H20O/c1-6-15(9-7-12(2)3)17-16-10-8-13(4)14(5)11-16/h6-11H,2H2,1,3-5H3/b9-7-,15-6?. The van der Waals surface area contributed by atoms with Crippen LogP contribution in [-0.4, -0.2) is 0 Å². The van der Waals surface area contributed by atoms with E-state index in [4.69, 9.17) is 4.74 Å². The van der Waals surface area contributed by atoms with Crippen molar-refractivity contribution in [1.29, 1.82) is 0 Å². The first kappa shape index (κ1) is 13.3. The summed E-state index contributed by atoms with van der Waals surface area (Å²) in [5, 5.41) is 0. The number of benzene rings is 1. The number of hydrogen-bond acceptors (Lipinski definition) is 1. The molecule has 1 aromatic carbocycles. The summed E-state index contributed by atoms with van der Waals surface area (Å²) in [6.45, 7) is 11.9. The van der Waals surface area contributed by atoms with Crippen LogP contribution in [0.25, 0.3) is 0 Å². The summed E-state index contributed by atoms with van der Waals surface area (Å²) in [5.41, 5.74) is 3.52. The van der Waals surface area contributed by atoms with Gasteiger partial charge in [-0.2, -0.15) is 0 Å². The largest absolute Gasteiger partial charge is 0.458 e. The van der Waals surface area contributed by atoms with Gasteiger partial charge in [-0.05, 0) is 63.1 Å². The molecule has 1 rings (SSSR count). The van der Waals surface area contributed by atoms with Crippen molar-refractivity contribution in [1.82, 2.24) is 0 Å². The summed E-state index contributed by atoms with van der Waals surface area (Å²) in [7, 11) is 0. The van der Waals surface area contributed by atoms with Crippen molar-refractivity contribution in [2.45, 2.75) is 27.7 Å². The monoisotopic (exact) mass is 228 g/mol. The summed E-state index contributed by atoms with van der Waals surface area (Å²) in [6.07, 6.45) is 5.81. The van der Waals surface area contributed by atoms with Gasteiger partial charge in [0.1, 0.15) is 11.5 Å². The molecule has 17 heavy (non-hydrogen) atoms. The van der Waals surface area contributed by atoms with Gasteiger partial charge in [-0.3, -0.25) is 0 Å². The van der Waals surface area contributed by atoms with Gasteiger partial charge >= 0.3 is 0 Å². The van der Waals surface area contributed by atoms with Crippen LogP contribution in [0.3, 0.4) is 0 Å². The number of hydrogen-bond donors (Lipinski definition) is 0. The molecule has 0 saturated heterocycles. The van der Waals surface area contributed by atoms with Crippen LogP contribution in [0.2, 0.25) is 0 Å². The summed E-state index contributed by atoms with van der Waals surface area (Å²) >= 11 is 0. The van der Waals surface area contributed by atoms with Gasteiger partial charge in [0.2, 0.25) is 0 Å². The summed E-state index contributed by atoms with van der Waals surface area (Å²) < 4.78 is 5.78. The normalized spacial score (nSPS) is 11.9. The van der Waals surface area contributed by atoms with Crippen LogP contribution in [0.4, 0.5) is 0 Å². The van der Waals surface area contributed by atoms with E-state index in [9.17, 15) is 0 Å². The van der Waals surface area contributed by atoms with Crippen LogP contribution in [-0.2, 0) is 0 Å². The average molecular weight is 228 g/mol. The maximum Gasteiger partial charge on any atom is 0.127 e. The van der Waals surface area contributed by atoms with Crippen molar-refractivity contribution in [2.75, 3.05) is 0 Å². The molecule has 0 spiro atoms. The van der Waals surface area contributed by atoms with E-state index in [2.05, 4.69) is 26.5 Å². The highest BCUT2D eigenvalue weighted by atomic mass is 16.5. The molecule has 0 aliphatic carbocycles. The van der Waals surface area contributed by atoms with Gasteiger partial charge in [0, 0.05) is 0 Å². The summed E-state index contributed by atoms with van der Waals surface area (Å²) in [4.78, 5) is 0. The van der Waals surface area contributed by atoms with E-state index in [1.54, 1.807) is 0 Å². The molecular formula is C16H20O. The Kier molecular flexibility index (Phi) is 4.77. The van der Waals surface area contributed by atoms with Crippen LogP contribution >= 0.6 is 0 Å². The molecule has 0 unspecified atom stereocenters. The molecule has 0 fully saturated rings. The van der Waals surface area contributed by atoms with Crippen LogP contribution < -0.4 is 4.74 Å². The first-order valence-corrected chi connectivity index (χ1v) is 5.78. The highest BCUT2D eigenvalue weighted by Gasteiger charge is 1.99. The Balaban J connectivity index is 2.82. The van der Waals surface area contributed by atoms with Crippen molar-refractivity contribution in [3.63, 3.8) is 0 Å². The molecule has 1 aromatic rings. The maximum absolute atomic E-state index is 5.78. The first-order valence-electron chi connectivity index (χ1n) is 5.78. The summed E-state index contributed by atoms with van der Waals surface area (Å²) in [5.74, 6) is 1.70. The van der Waals surface area contributed by atoms with E-state index in [1.165, 1.54) is 11.1 Å². The smallest absolute Gasteiger partial charge is 0.127 e. The van der Waals surface area contributed by atoms with Crippen LogP contribution in [0.1, 0.15) is 25.0 Å². The van der Waals surface area contributed by atoms with Gasteiger partial charge in [0.15, 0.2) is 0 Å². The van der Waals surface area contributed by atoms with Crippen molar-refractivity contribution >= 4 is 0 Å². The minimum absolute atomic E-state index is 0.830. The zero-order chi connectivity index (χ0) is 12.8. The molecule has 0 aliphatic heterocycles. The zero-order valence-corrected chi connectivity index (χ0v) is 11.1. The van der Waals surface area contributed by atoms with Crippen LogP contribution in [0.5, 0.6) is 5.75 Å².